The summed E-state index contributed by atoms with van der Waals surface area (Å²) >= 11 is 5.61. The maximum Gasteiger partial charge on any atom is 0.323 e. The molecule has 18 heavy (non-hydrogen) atoms. The number of pyridine rings is 1. The number of halogens is 2. The highest BCUT2D eigenvalue weighted by atomic mass is 35.5. The average molecular weight is 266 g/mol. The minimum atomic E-state index is -0.552. The van der Waals surface area contributed by atoms with Crippen LogP contribution in [-0.2, 0) is 0 Å². The molecule has 0 aliphatic heterocycles. The summed E-state index contributed by atoms with van der Waals surface area (Å²) in [5.41, 5.74) is 0.574. The molecule has 0 aliphatic rings. The van der Waals surface area contributed by atoms with Gasteiger partial charge in [0.1, 0.15) is 11.0 Å². The van der Waals surface area contributed by atoms with Crippen molar-refractivity contribution in [3.63, 3.8) is 0 Å². The Morgan fingerprint density at radius 3 is 2.61 bits per heavy atom. The largest absolute Gasteiger partial charge is 0.323 e. The second kappa shape index (κ2) is 5.46. The molecule has 2 rings (SSSR count). The van der Waals surface area contributed by atoms with E-state index in [1.165, 1.54) is 18.3 Å². The lowest BCUT2D eigenvalue weighted by Crippen LogP contribution is -2.20. The number of carbonyl (C=O) groups excluding carboxylic acids is 1. The lowest BCUT2D eigenvalue weighted by Gasteiger charge is -2.07. The van der Waals surface area contributed by atoms with E-state index in [1.54, 1.807) is 24.3 Å². The van der Waals surface area contributed by atoms with Crippen molar-refractivity contribution in [2.75, 3.05) is 10.6 Å². The number of benzene rings is 1. The topological polar surface area (TPSA) is 54.0 Å². The van der Waals surface area contributed by atoms with Crippen LogP contribution < -0.4 is 10.6 Å². The van der Waals surface area contributed by atoms with E-state index in [0.29, 0.717) is 10.8 Å². The maximum atomic E-state index is 13.3. The van der Waals surface area contributed by atoms with Crippen LogP contribution in [0.1, 0.15) is 0 Å². The molecular formula is C12H9ClFN3O. The number of nitrogens with zero attached hydrogens (tertiary/aromatic N) is 1. The van der Waals surface area contributed by atoms with E-state index in [2.05, 4.69) is 15.6 Å². The van der Waals surface area contributed by atoms with E-state index >= 15 is 0 Å². The minimum absolute atomic E-state index is 0.108. The summed E-state index contributed by atoms with van der Waals surface area (Å²) in [6.07, 6.45) is 1.41. The standard InChI is InChI=1S/C12H9ClFN3O/c13-11-6-5-8(7-15-11)16-12(18)17-10-4-2-1-3-9(10)14/h1-7H,(H2,16,17,18). The number of urea groups is 1. The molecule has 0 fully saturated rings. The van der Waals surface area contributed by atoms with Crippen LogP contribution in [0.2, 0.25) is 5.15 Å². The summed E-state index contributed by atoms with van der Waals surface area (Å²) in [6.45, 7) is 0. The summed E-state index contributed by atoms with van der Waals surface area (Å²) in [7, 11) is 0. The van der Waals surface area contributed by atoms with E-state index < -0.39 is 11.8 Å². The van der Waals surface area contributed by atoms with Crippen LogP contribution in [0.4, 0.5) is 20.6 Å². The summed E-state index contributed by atoms with van der Waals surface area (Å²) in [6, 6.07) is 8.49. The van der Waals surface area contributed by atoms with E-state index in [4.69, 9.17) is 11.6 Å². The Balaban J connectivity index is 2.01. The fourth-order valence-corrected chi connectivity index (χ4v) is 1.41. The first-order valence-electron chi connectivity index (χ1n) is 5.09. The van der Waals surface area contributed by atoms with Crippen molar-refractivity contribution in [2.24, 2.45) is 0 Å². The third-order valence-corrected chi connectivity index (χ3v) is 2.33. The molecule has 0 aliphatic carbocycles. The molecular weight excluding hydrogens is 257 g/mol. The SMILES string of the molecule is O=C(Nc1ccc(Cl)nc1)Nc1ccccc1F. The molecule has 1 heterocycles. The smallest absolute Gasteiger partial charge is 0.306 e. The second-order valence-corrected chi connectivity index (χ2v) is 3.82. The second-order valence-electron chi connectivity index (χ2n) is 3.43. The normalized spacial score (nSPS) is 9.89. The highest BCUT2D eigenvalue weighted by Gasteiger charge is 2.06. The van der Waals surface area contributed by atoms with Gasteiger partial charge in [-0.05, 0) is 24.3 Å². The quantitative estimate of drug-likeness (QED) is 0.817. The summed E-state index contributed by atoms with van der Waals surface area (Å²) in [5.74, 6) is -0.498. The number of hydrogen-bond donors (Lipinski definition) is 2. The molecule has 2 amide bonds. The zero-order valence-electron chi connectivity index (χ0n) is 9.15. The van der Waals surface area contributed by atoms with Crippen LogP contribution in [0.15, 0.2) is 42.6 Å². The lowest BCUT2D eigenvalue weighted by atomic mass is 10.3. The van der Waals surface area contributed by atoms with Crippen molar-refractivity contribution < 1.29 is 9.18 Å². The number of para-hydroxylation sites is 1. The van der Waals surface area contributed by atoms with Gasteiger partial charge in [0.25, 0.3) is 0 Å². The van der Waals surface area contributed by atoms with Crippen molar-refractivity contribution in [3.05, 3.63) is 53.6 Å². The van der Waals surface area contributed by atoms with Gasteiger partial charge in [0, 0.05) is 0 Å². The Hall–Kier alpha value is -2.14. The van der Waals surface area contributed by atoms with Crippen LogP contribution in [0.25, 0.3) is 0 Å². The van der Waals surface area contributed by atoms with Gasteiger partial charge in [0.05, 0.1) is 17.6 Å². The molecule has 0 spiro atoms. The molecule has 0 saturated carbocycles. The van der Waals surface area contributed by atoms with Crippen LogP contribution in [0, 0.1) is 5.82 Å². The average Bonchev–Trinajstić information content (AvgIpc) is 2.35. The van der Waals surface area contributed by atoms with E-state index in [1.807, 2.05) is 0 Å². The first kappa shape index (κ1) is 12.3. The highest BCUT2D eigenvalue weighted by molar-refractivity contribution is 6.29. The van der Waals surface area contributed by atoms with Gasteiger partial charge >= 0.3 is 6.03 Å². The van der Waals surface area contributed by atoms with Gasteiger partial charge < -0.3 is 10.6 Å². The first-order valence-corrected chi connectivity index (χ1v) is 5.47. The zero-order chi connectivity index (χ0) is 13.0. The Bertz CT molecular complexity index is 560. The van der Waals surface area contributed by atoms with Crippen LogP contribution in [0.3, 0.4) is 0 Å². The number of nitrogens with one attached hydrogen (secondary N) is 2. The Kier molecular flexibility index (Phi) is 3.74. The van der Waals surface area contributed by atoms with Gasteiger partial charge in [0.15, 0.2) is 0 Å². The number of hydrogen-bond acceptors (Lipinski definition) is 2. The number of anilines is 2. The maximum absolute atomic E-state index is 13.3. The summed E-state index contributed by atoms with van der Waals surface area (Å²) in [5, 5.41) is 5.22. The van der Waals surface area contributed by atoms with E-state index in [9.17, 15) is 9.18 Å². The summed E-state index contributed by atoms with van der Waals surface area (Å²) in [4.78, 5) is 15.4. The molecule has 0 bridgehead atoms. The Labute approximate surface area is 108 Å². The number of aromatic nitrogens is 1. The Morgan fingerprint density at radius 1 is 1.17 bits per heavy atom. The molecule has 92 valence electrons. The molecule has 0 unspecified atom stereocenters. The number of rotatable bonds is 2. The molecule has 1 aromatic carbocycles. The van der Waals surface area contributed by atoms with Gasteiger partial charge in [-0.3, -0.25) is 0 Å². The van der Waals surface area contributed by atoms with Gasteiger partial charge in [-0.15, -0.1) is 0 Å². The third kappa shape index (κ3) is 3.18. The van der Waals surface area contributed by atoms with Gasteiger partial charge in [0.2, 0.25) is 0 Å². The molecule has 0 radical (unpaired) electrons. The van der Waals surface area contributed by atoms with Crippen molar-refractivity contribution in [2.45, 2.75) is 0 Å². The molecule has 2 aromatic rings. The fourth-order valence-electron chi connectivity index (χ4n) is 1.30. The molecule has 1 aromatic heterocycles. The van der Waals surface area contributed by atoms with Crippen molar-refractivity contribution >= 4 is 29.0 Å². The molecule has 2 N–H and O–H groups in total. The van der Waals surface area contributed by atoms with Gasteiger partial charge in [-0.2, -0.15) is 0 Å². The van der Waals surface area contributed by atoms with Gasteiger partial charge in [-0.25, -0.2) is 14.2 Å². The number of carbonyl (C=O) groups is 1. The first-order chi connectivity index (χ1) is 8.65. The van der Waals surface area contributed by atoms with Crippen molar-refractivity contribution in [1.82, 2.24) is 4.98 Å². The van der Waals surface area contributed by atoms with Crippen LogP contribution >= 0.6 is 11.6 Å². The fraction of sp³-hybridized carbons (Fsp3) is 0. The van der Waals surface area contributed by atoms with Crippen LogP contribution in [0.5, 0.6) is 0 Å². The predicted molar refractivity (Wildman–Crippen MR) is 68.3 cm³/mol. The molecule has 0 saturated heterocycles. The monoisotopic (exact) mass is 265 g/mol. The van der Waals surface area contributed by atoms with E-state index in [0.717, 1.165) is 0 Å². The zero-order valence-corrected chi connectivity index (χ0v) is 9.91. The predicted octanol–water partition coefficient (Wildman–Crippen LogP) is 3.52. The van der Waals surface area contributed by atoms with Gasteiger partial charge in [-0.1, -0.05) is 23.7 Å². The van der Waals surface area contributed by atoms with Crippen LogP contribution in [-0.4, -0.2) is 11.0 Å². The Morgan fingerprint density at radius 2 is 1.94 bits per heavy atom. The van der Waals surface area contributed by atoms with E-state index in [-0.39, 0.29) is 5.69 Å². The van der Waals surface area contributed by atoms with Crippen molar-refractivity contribution in [3.8, 4) is 0 Å². The minimum Gasteiger partial charge on any atom is -0.306 e. The molecule has 6 heteroatoms. The van der Waals surface area contributed by atoms with Crippen molar-refractivity contribution in [1.29, 1.82) is 0 Å². The summed E-state index contributed by atoms with van der Waals surface area (Å²) < 4.78 is 13.3. The number of amides is 2. The highest BCUT2D eigenvalue weighted by Crippen LogP contribution is 2.14. The molecule has 0 atom stereocenters. The molecule has 4 nitrogen and oxygen atoms in total. The third-order valence-electron chi connectivity index (χ3n) is 2.11. The lowest BCUT2D eigenvalue weighted by molar-refractivity contribution is 0.262.